The Morgan fingerprint density at radius 3 is 2.40 bits per heavy atom. The van der Waals surface area contributed by atoms with E-state index in [0.717, 1.165) is 19.4 Å². The van der Waals surface area contributed by atoms with Crippen molar-refractivity contribution < 1.29 is 18.0 Å². The number of nitrogens with one attached hydrogen (secondary N) is 1. The van der Waals surface area contributed by atoms with Crippen LogP contribution < -0.4 is 5.32 Å². The number of alkyl halides is 3. The fourth-order valence-corrected chi connectivity index (χ4v) is 2.67. The van der Waals surface area contributed by atoms with Crippen LogP contribution in [0.1, 0.15) is 51.4 Å². The molecule has 1 fully saturated rings. The molecule has 0 aromatic rings. The van der Waals surface area contributed by atoms with Crippen molar-refractivity contribution in [3.8, 4) is 0 Å². The van der Waals surface area contributed by atoms with Crippen molar-refractivity contribution in [1.29, 1.82) is 0 Å². The summed E-state index contributed by atoms with van der Waals surface area (Å²) in [7, 11) is 2.13. The molecule has 0 bridgehead atoms. The summed E-state index contributed by atoms with van der Waals surface area (Å²) in [6.07, 6.45) is 4.11. The number of hydrogen-bond donors (Lipinski definition) is 1. The van der Waals surface area contributed by atoms with Gasteiger partial charge in [-0.05, 0) is 39.3 Å². The van der Waals surface area contributed by atoms with Gasteiger partial charge in [-0.25, -0.2) is 0 Å². The van der Waals surface area contributed by atoms with E-state index in [1.807, 2.05) is 5.32 Å². The van der Waals surface area contributed by atoms with E-state index in [-0.39, 0.29) is 6.54 Å². The van der Waals surface area contributed by atoms with Crippen molar-refractivity contribution in [2.75, 3.05) is 20.1 Å². The third-order valence-electron chi connectivity index (χ3n) is 3.93. The second-order valence-corrected chi connectivity index (χ2v) is 5.59. The molecule has 1 amide bonds. The van der Waals surface area contributed by atoms with Crippen molar-refractivity contribution in [2.24, 2.45) is 0 Å². The Morgan fingerprint density at radius 2 is 1.80 bits per heavy atom. The summed E-state index contributed by atoms with van der Waals surface area (Å²) >= 11 is 0. The summed E-state index contributed by atoms with van der Waals surface area (Å²) in [4.78, 5) is 12.9. The lowest BCUT2D eigenvalue weighted by Gasteiger charge is -2.31. The van der Waals surface area contributed by atoms with E-state index in [1.165, 1.54) is 32.1 Å². The largest absolute Gasteiger partial charge is 0.471 e. The maximum Gasteiger partial charge on any atom is 0.471 e. The van der Waals surface area contributed by atoms with Gasteiger partial charge in [0.15, 0.2) is 0 Å². The molecule has 1 saturated carbocycles. The summed E-state index contributed by atoms with van der Waals surface area (Å²) in [6.45, 7) is 1.09. The van der Waals surface area contributed by atoms with Gasteiger partial charge in [0.05, 0.1) is 0 Å². The van der Waals surface area contributed by atoms with Crippen molar-refractivity contribution in [2.45, 2.75) is 63.6 Å². The molecule has 0 aromatic carbocycles. The van der Waals surface area contributed by atoms with Crippen LogP contribution in [0.5, 0.6) is 0 Å². The van der Waals surface area contributed by atoms with E-state index in [0.29, 0.717) is 12.5 Å². The maximum absolute atomic E-state index is 11.9. The van der Waals surface area contributed by atoms with Gasteiger partial charge in [0.2, 0.25) is 0 Å². The minimum Gasteiger partial charge on any atom is -0.348 e. The fraction of sp³-hybridized carbons (Fsp3) is 0.929. The molecule has 0 aromatic heterocycles. The third-order valence-corrected chi connectivity index (χ3v) is 3.93. The Bertz CT molecular complexity index is 289. The standard InChI is InChI=1S/C14H25F3N2O/c1-19(12-8-4-2-5-9-12)11-7-3-6-10-18-13(20)14(15,16)17/h12H,2-11H2,1H3,(H,18,20). The molecule has 0 saturated heterocycles. The molecular formula is C14H25F3N2O. The highest BCUT2D eigenvalue weighted by Crippen LogP contribution is 2.21. The molecular weight excluding hydrogens is 269 g/mol. The number of carbonyl (C=O) groups excluding carboxylic acids is 1. The number of carbonyl (C=O) groups is 1. The predicted molar refractivity (Wildman–Crippen MR) is 72.4 cm³/mol. The SMILES string of the molecule is CN(CCCCCNC(=O)C(F)(F)F)C1CCCCC1. The van der Waals surface area contributed by atoms with Crippen LogP contribution in [0, 0.1) is 0 Å². The number of hydrogen-bond acceptors (Lipinski definition) is 2. The van der Waals surface area contributed by atoms with Crippen LogP contribution in [0.4, 0.5) is 13.2 Å². The van der Waals surface area contributed by atoms with E-state index in [9.17, 15) is 18.0 Å². The first-order chi connectivity index (χ1) is 9.41. The van der Waals surface area contributed by atoms with Crippen LogP contribution in [0.15, 0.2) is 0 Å². The molecule has 3 nitrogen and oxygen atoms in total. The summed E-state index contributed by atoms with van der Waals surface area (Å²) in [5, 5.41) is 1.90. The van der Waals surface area contributed by atoms with Gasteiger partial charge in [-0.15, -0.1) is 0 Å². The number of nitrogens with zero attached hydrogens (tertiary/aromatic N) is 1. The zero-order valence-corrected chi connectivity index (χ0v) is 12.1. The van der Waals surface area contributed by atoms with Gasteiger partial charge < -0.3 is 10.2 Å². The number of rotatable bonds is 7. The third kappa shape index (κ3) is 6.59. The predicted octanol–water partition coefficient (Wildman–Crippen LogP) is 3.10. The van der Waals surface area contributed by atoms with E-state index >= 15 is 0 Å². The highest BCUT2D eigenvalue weighted by atomic mass is 19.4. The van der Waals surface area contributed by atoms with E-state index in [2.05, 4.69) is 11.9 Å². The molecule has 0 spiro atoms. The van der Waals surface area contributed by atoms with Gasteiger partial charge in [0.1, 0.15) is 0 Å². The monoisotopic (exact) mass is 294 g/mol. The molecule has 118 valence electrons. The summed E-state index contributed by atoms with van der Waals surface area (Å²) in [5.41, 5.74) is 0. The molecule has 0 radical (unpaired) electrons. The Morgan fingerprint density at radius 1 is 1.15 bits per heavy atom. The van der Waals surface area contributed by atoms with Crippen molar-refractivity contribution in [1.82, 2.24) is 10.2 Å². The summed E-state index contributed by atoms with van der Waals surface area (Å²) < 4.78 is 35.8. The minimum absolute atomic E-state index is 0.103. The van der Waals surface area contributed by atoms with Gasteiger partial charge in [0, 0.05) is 12.6 Å². The van der Waals surface area contributed by atoms with Crippen LogP contribution in [0.3, 0.4) is 0 Å². The minimum atomic E-state index is -4.76. The van der Waals surface area contributed by atoms with Crippen molar-refractivity contribution in [3.05, 3.63) is 0 Å². The number of halogens is 3. The van der Waals surface area contributed by atoms with Crippen molar-refractivity contribution in [3.63, 3.8) is 0 Å². The molecule has 0 atom stereocenters. The van der Waals surface area contributed by atoms with Crippen LogP contribution >= 0.6 is 0 Å². The van der Waals surface area contributed by atoms with E-state index < -0.39 is 12.1 Å². The molecule has 1 N–H and O–H groups in total. The normalized spacial score (nSPS) is 17.4. The molecule has 0 unspecified atom stereocenters. The van der Waals surface area contributed by atoms with Gasteiger partial charge in [-0.2, -0.15) is 13.2 Å². The van der Waals surface area contributed by atoms with Gasteiger partial charge >= 0.3 is 12.1 Å². The molecule has 1 rings (SSSR count). The average molecular weight is 294 g/mol. The Hall–Kier alpha value is -0.780. The van der Waals surface area contributed by atoms with Crippen molar-refractivity contribution >= 4 is 5.91 Å². The molecule has 1 aliphatic rings. The molecule has 6 heteroatoms. The maximum atomic E-state index is 11.9. The quantitative estimate of drug-likeness (QED) is 0.732. The summed E-state index contributed by atoms with van der Waals surface area (Å²) in [5.74, 6) is -1.84. The number of amides is 1. The first-order valence-corrected chi connectivity index (χ1v) is 7.46. The second-order valence-electron chi connectivity index (χ2n) is 5.59. The van der Waals surface area contributed by atoms with Gasteiger partial charge in [-0.1, -0.05) is 25.7 Å². The highest BCUT2D eigenvalue weighted by molar-refractivity contribution is 5.81. The highest BCUT2D eigenvalue weighted by Gasteiger charge is 2.38. The second kappa shape index (κ2) is 8.49. The zero-order valence-electron chi connectivity index (χ0n) is 12.1. The topological polar surface area (TPSA) is 32.3 Å². The summed E-state index contributed by atoms with van der Waals surface area (Å²) in [6, 6.07) is 0.675. The van der Waals surface area contributed by atoms with Crippen LogP contribution in [0.2, 0.25) is 0 Å². The lowest BCUT2D eigenvalue weighted by atomic mass is 9.94. The smallest absolute Gasteiger partial charge is 0.348 e. The lowest BCUT2D eigenvalue weighted by Crippen LogP contribution is -2.37. The average Bonchev–Trinajstić information content (AvgIpc) is 2.42. The Labute approximate surface area is 118 Å². The molecule has 0 heterocycles. The first-order valence-electron chi connectivity index (χ1n) is 7.46. The van der Waals surface area contributed by atoms with Crippen LogP contribution in [-0.2, 0) is 4.79 Å². The number of unbranched alkanes of at least 4 members (excludes halogenated alkanes) is 2. The first kappa shape index (κ1) is 17.3. The molecule has 20 heavy (non-hydrogen) atoms. The lowest BCUT2D eigenvalue weighted by molar-refractivity contribution is -0.173. The Balaban J connectivity index is 2.00. The fourth-order valence-electron chi connectivity index (χ4n) is 2.67. The zero-order chi connectivity index (χ0) is 15.0. The Kier molecular flexibility index (Phi) is 7.34. The molecule has 1 aliphatic carbocycles. The van der Waals surface area contributed by atoms with Gasteiger partial charge in [-0.3, -0.25) is 4.79 Å². The molecule has 0 aliphatic heterocycles. The van der Waals surface area contributed by atoms with Gasteiger partial charge in [0.25, 0.3) is 0 Å². The van der Waals surface area contributed by atoms with Crippen LogP contribution in [-0.4, -0.2) is 43.2 Å². The van der Waals surface area contributed by atoms with E-state index in [1.54, 1.807) is 0 Å². The van der Waals surface area contributed by atoms with E-state index in [4.69, 9.17) is 0 Å². The van der Waals surface area contributed by atoms with Crippen LogP contribution in [0.25, 0.3) is 0 Å².